The summed E-state index contributed by atoms with van der Waals surface area (Å²) in [6, 6.07) is 7.70. The number of amides is 2. The molecule has 27 heavy (non-hydrogen) atoms. The minimum absolute atomic E-state index is 0.0121. The second-order valence-corrected chi connectivity index (χ2v) is 7.54. The van der Waals surface area contributed by atoms with E-state index in [0.717, 1.165) is 25.3 Å². The van der Waals surface area contributed by atoms with Gasteiger partial charge in [-0.3, -0.25) is 14.5 Å². The van der Waals surface area contributed by atoms with Crippen molar-refractivity contribution in [3.63, 3.8) is 0 Å². The van der Waals surface area contributed by atoms with Crippen molar-refractivity contribution in [3.8, 4) is 5.75 Å². The zero-order valence-electron chi connectivity index (χ0n) is 16.6. The van der Waals surface area contributed by atoms with Gasteiger partial charge in [0.05, 0.1) is 13.7 Å². The zero-order chi connectivity index (χ0) is 19.4. The number of methoxy groups -OCH3 is 1. The molecule has 2 aliphatic rings. The van der Waals surface area contributed by atoms with Crippen LogP contribution >= 0.6 is 0 Å². The second-order valence-electron chi connectivity index (χ2n) is 7.54. The Hall–Kier alpha value is -2.12. The van der Waals surface area contributed by atoms with Gasteiger partial charge in [-0.25, -0.2) is 0 Å². The topological polar surface area (TPSA) is 56.3 Å². The van der Waals surface area contributed by atoms with Gasteiger partial charge in [0.1, 0.15) is 5.75 Å². The number of nitrogens with zero attached hydrogens (tertiary/aromatic N) is 4. The lowest BCUT2D eigenvalue weighted by Gasteiger charge is -2.35. The van der Waals surface area contributed by atoms with Crippen LogP contribution in [0.5, 0.6) is 5.75 Å². The number of carbonyl (C=O) groups is 2. The Morgan fingerprint density at radius 2 is 1.67 bits per heavy atom. The summed E-state index contributed by atoms with van der Waals surface area (Å²) in [7, 11) is 5.79. The molecule has 0 radical (unpaired) electrons. The molecule has 7 heteroatoms. The number of hydrogen-bond acceptors (Lipinski definition) is 5. The molecule has 3 rings (SSSR count). The van der Waals surface area contributed by atoms with Crippen LogP contribution in [-0.2, 0) is 4.79 Å². The van der Waals surface area contributed by atoms with E-state index in [2.05, 4.69) is 23.9 Å². The number of benzene rings is 1. The van der Waals surface area contributed by atoms with Gasteiger partial charge in [0.2, 0.25) is 5.91 Å². The highest BCUT2D eigenvalue weighted by Gasteiger charge is 2.29. The van der Waals surface area contributed by atoms with Crippen LogP contribution in [0, 0.1) is 0 Å². The van der Waals surface area contributed by atoms with Gasteiger partial charge in [-0.2, -0.15) is 0 Å². The van der Waals surface area contributed by atoms with Crippen molar-refractivity contribution in [3.05, 3.63) is 29.8 Å². The molecule has 0 N–H and O–H groups in total. The maximum absolute atomic E-state index is 12.6. The maximum atomic E-state index is 12.6. The first-order valence-electron chi connectivity index (χ1n) is 9.58. The molecule has 2 amide bonds. The van der Waals surface area contributed by atoms with E-state index in [9.17, 15) is 9.59 Å². The summed E-state index contributed by atoms with van der Waals surface area (Å²) in [5.74, 6) is 0.921. The molecule has 0 bridgehead atoms. The van der Waals surface area contributed by atoms with E-state index in [1.165, 1.54) is 0 Å². The number of likely N-dealkylation sites (N-methyl/N-ethyl adjacent to an activating group) is 1. The highest BCUT2D eigenvalue weighted by molar-refractivity contribution is 5.94. The standard InChI is InChI=1S/C20H30N4O3/c1-21(2)17-8-9-22(14-17)15-19(25)23-10-12-24(13-11-23)20(26)16-4-6-18(27-3)7-5-16/h4-7,17H,8-15H2,1-3H3. The Balaban J connectivity index is 1.46. The minimum atomic E-state index is 0.0121. The van der Waals surface area contributed by atoms with Crippen molar-refractivity contribution >= 4 is 11.8 Å². The monoisotopic (exact) mass is 374 g/mol. The molecule has 2 saturated heterocycles. The molecule has 7 nitrogen and oxygen atoms in total. The van der Waals surface area contributed by atoms with Crippen LogP contribution < -0.4 is 4.74 Å². The van der Waals surface area contributed by atoms with E-state index in [4.69, 9.17) is 4.74 Å². The Kier molecular flexibility index (Phi) is 6.34. The van der Waals surface area contributed by atoms with Crippen LogP contribution in [-0.4, -0.2) is 104 Å². The Bertz CT molecular complexity index is 654. The summed E-state index contributed by atoms with van der Waals surface area (Å²) < 4.78 is 5.13. The number of hydrogen-bond donors (Lipinski definition) is 0. The molecule has 148 valence electrons. The SMILES string of the molecule is COc1ccc(C(=O)N2CCN(C(=O)CN3CCC(N(C)C)C3)CC2)cc1. The van der Waals surface area contributed by atoms with E-state index < -0.39 is 0 Å². The van der Waals surface area contributed by atoms with Crippen LogP contribution in [0.25, 0.3) is 0 Å². The molecular weight excluding hydrogens is 344 g/mol. The van der Waals surface area contributed by atoms with Gasteiger partial charge in [-0.05, 0) is 44.8 Å². The first-order chi connectivity index (χ1) is 13.0. The maximum Gasteiger partial charge on any atom is 0.253 e. The Morgan fingerprint density at radius 1 is 1.04 bits per heavy atom. The van der Waals surface area contributed by atoms with E-state index in [-0.39, 0.29) is 11.8 Å². The van der Waals surface area contributed by atoms with Gasteiger partial charge in [-0.1, -0.05) is 0 Å². The van der Waals surface area contributed by atoms with Crippen molar-refractivity contribution in [2.45, 2.75) is 12.5 Å². The fourth-order valence-electron chi connectivity index (χ4n) is 3.74. The molecule has 1 atom stereocenters. The van der Waals surface area contributed by atoms with Crippen molar-refractivity contribution in [1.82, 2.24) is 19.6 Å². The lowest BCUT2D eigenvalue weighted by Crippen LogP contribution is -2.52. The Labute approximate surface area is 161 Å². The second kappa shape index (κ2) is 8.71. The number of rotatable bonds is 5. The number of piperazine rings is 1. The van der Waals surface area contributed by atoms with Gasteiger partial charge in [0.25, 0.3) is 5.91 Å². The van der Waals surface area contributed by atoms with E-state index in [0.29, 0.717) is 44.3 Å². The normalized spacial score (nSPS) is 21.0. The fraction of sp³-hybridized carbons (Fsp3) is 0.600. The number of carbonyl (C=O) groups excluding carboxylic acids is 2. The van der Waals surface area contributed by atoms with Crippen LogP contribution in [0.3, 0.4) is 0 Å². The third-order valence-corrected chi connectivity index (χ3v) is 5.59. The molecule has 1 aromatic carbocycles. The molecule has 2 aliphatic heterocycles. The van der Waals surface area contributed by atoms with Crippen LogP contribution in [0.15, 0.2) is 24.3 Å². The van der Waals surface area contributed by atoms with Gasteiger partial charge in [0, 0.05) is 50.9 Å². The minimum Gasteiger partial charge on any atom is -0.497 e. The summed E-state index contributed by atoms with van der Waals surface area (Å²) in [6.07, 6.45) is 1.12. The van der Waals surface area contributed by atoms with Crippen molar-refractivity contribution < 1.29 is 14.3 Å². The average Bonchev–Trinajstić information content (AvgIpc) is 3.16. The Morgan fingerprint density at radius 3 is 2.22 bits per heavy atom. The zero-order valence-corrected chi connectivity index (χ0v) is 16.6. The molecule has 0 aromatic heterocycles. The van der Waals surface area contributed by atoms with Gasteiger partial charge >= 0.3 is 0 Å². The molecule has 0 spiro atoms. The smallest absolute Gasteiger partial charge is 0.253 e. The molecule has 1 aromatic rings. The van der Waals surface area contributed by atoms with E-state index in [1.807, 2.05) is 9.80 Å². The summed E-state index contributed by atoms with van der Waals surface area (Å²) >= 11 is 0. The summed E-state index contributed by atoms with van der Waals surface area (Å²) in [5, 5.41) is 0. The van der Waals surface area contributed by atoms with Crippen molar-refractivity contribution in [1.29, 1.82) is 0 Å². The van der Waals surface area contributed by atoms with Gasteiger partial charge < -0.3 is 19.4 Å². The molecule has 1 unspecified atom stereocenters. The van der Waals surface area contributed by atoms with Gasteiger partial charge in [0.15, 0.2) is 0 Å². The summed E-state index contributed by atoms with van der Waals surface area (Å²) in [6.45, 7) is 4.78. The average molecular weight is 374 g/mol. The highest BCUT2D eigenvalue weighted by Crippen LogP contribution is 2.16. The first-order valence-corrected chi connectivity index (χ1v) is 9.58. The lowest BCUT2D eigenvalue weighted by molar-refractivity contribution is -0.133. The third-order valence-electron chi connectivity index (χ3n) is 5.59. The summed E-state index contributed by atoms with van der Waals surface area (Å²) in [4.78, 5) is 33.4. The molecule has 0 saturated carbocycles. The van der Waals surface area contributed by atoms with Crippen molar-refractivity contribution in [2.75, 3.05) is 67.0 Å². The fourth-order valence-corrected chi connectivity index (χ4v) is 3.74. The number of likely N-dealkylation sites (tertiary alicyclic amines) is 1. The van der Waals surface area contributed by atoms with Crippen molar-refractivity contribution in [2.24, 2.45) is 0 Å². The quantitative estimate of drug-likeness (QED) is 0.756. The number of ether oxygens (including phenoxy) is 1. The molecular formula is C20H30N4O3. The molecule has 2 fully saturated rings. The summed E-state index contributed by atoms with van der Waals surface area (Å²) in [5.41, 5.74) is 0.655. The largest absolute Gasteiger partial charge is 0.497 e. The third kappa shape index (κ3) is 4.78. The van der Waals surface area contributed by atoms with E-state index >= 15 is 0 Å². The predicted molar refractivity (Wildman–Crippen MR) is 104 cm³/mol. The van der Waals surface area contributed by atoms with Crippen LogP contribution in [0.1, 0.15) is 16.8 Å². The van der Waals surface area contributed by atoms with Gasteiger partial charge in [-0.15, -0.1) is 0 Å². The first kappa shape index (κ1) is 19.6. The van der Waals surface area contributed by atoms with Crippen LogP contribution in [0.4, 0.5) is 0 Å². The highest BCUT2D eigenvalue weighted by atomic mass is 16.5. The molecule has 0 aliphatic carbocycles. The molecule has 2 heterocycles. The lowest BCUT2D eigenvalue weighted by atomic mass is 10.1. The predicted octanol–water partition coefficient (Wildman–Crippen LogP) is 0.616. The van der Waals surface area contributed by atoms with Crippen LogP contribution in [0.2, 0.25) is 0 Å². The van der Waals surface area contributed by atoms with E-state index in [1.54, 1.807) is 31.4 Å².